The van der Waals surface area contributed by atoms with Crippen LogP contribution in [0.15, 0.2) is 0 Å². The average molecular weight is 240 g/mol. The largest absolute Gasteiger partial charge is 0.378 e. The number of ether oxygens (including phenoxy) is 1. The van der Waals surface area contributed by atoms with Gasteiger partial charge in [-0.2, -0.15) is 0 Å². The molecule has 0 aromatic rings. The summed E-state index contributed by atoms with van der Waals surface area (Å²) in [6.45, 7) is 5.24. The average Bonchev–Trinajstić information content (AvgIpc) is 3.05. The second kappa shape index (κ2) is 6.36. The summed E-state index contributed by atoms with van der Waals surface area (Å²) in [6, 6.07) is 0. The number of amides is 1. The topological polar surface area (TPSA) is 50.4 Å². The highest BCUT2D eigenvalue weighted by Crippen LogP contribution is 2.27. The van der Waals surface area contributed by atoms with Crippen LogP contribution in [0.25, 0.3) is 0 Å². The molecule has 4 heteroatoms. The molecule has 2 unspecified atom stereocenters. The quantitative estimate of drug-likeness (QED) is 0.695. The molecule has 1 aliphatic carbocycles. The van der Waals surface area contributed by atoms with Gasteiger partial charge in [-0.3, -0.25) is 4.79 Å². The molecule has 2 rings (SSSR count). The van der Waals surface area contributed by atoms with Crippen LogP contribution in [0.5, 0.6) is 0 Å². The van der Waals surface area contributed by atoms with E-state index in [0.29, 0.717) is 18.6 Å². The minimum atomic E-state index is 0.129. The lowest BCUT2D eigenvalue weighted by Gasteiger charge is -2.17. The Hall–Kier alpha value is -0.610. The van der Waals surface area contributed by atoms with Crippen molar-refractivity contribution < 1.29 is 9.53 Å². The van der Waals surface area contributed by atoms with E-state index >= 15 is 0 Å². The van der Waals surface area contributed by atoms with Crippen LogP contribution in [0.2, 0.25) is 0 Å². The fraction of sp³-hybridized carbons (Fsp3) is 0.923. The van der Waals surface area contributed by atoms with E-state index in [9.17, 15) is 4.79 Å². The molecule has 4 nitrogen and oxygen atoms in total. The van der Waals surface area contributed by atoms with Crippen molar-refractivity contribution in [2.75, 3.05) is 26.2 Å². The van der Waals surface area contributed by atoms with Crippen molar-refractivity contribution in [2.45, 2.75) is 38.7 Å². The molecule has 1 saturated carbocycles. The number of carbonyl (C=O) groups is 1. The zero-order valence-corrected chi connectivity index (χ0v) is 10.7. The predicted octanol–water partition coefficient (Wildman–Crippen LogP) is 0.917. The van der Waals surface area contributed by atoms with E-state index in [0.717, 1.165) is 38.5 Å². The summed E-state index contributed by atoms with van der Waals surface area (Å²) in [5, 5.41) is 6.21. The molecule has 1 saturated heterocycles. The third kappa shape index (κ3) is 4.28. The van der Waals surface area contributed by atoms with Gasteiger partial charge in [0.05, 0.1) is 12.6 Å². The van der Waals surface area contributed by atoms with E-state index < -0.39 is 0 Å². The second-order valence-electron chi connectivity index (χ2n) is 5.24. The molecule has 1 amide bonds. The van der Waals surface area contributed by atoms with Crippen molar-refractivity contribution in [2.24, 2.45) is 11.8 Å². The van der Waals surface area contributed by atoms with Gasteiger partial charge in [-0.25, -0.2) is 0 Å². The van der Waals surface area contributed by atoms with Crippen LogP contribution < -0.4 is 10.6 Å². The highest BCUT2D eigenvalue weighted by molar-refractivity contribution is 5.77. The minimum Gasteiger partial charge on any atom is -0.378 e. The van der Waals surface area contributed by atoms with E-state index in [1.54, 1.807) is 0 Å². The normalized spacial score (nSPS) is 28.3. The standard InChI is InChI=1S/C13H24N2O2/c1-2-12-11(5-6-17-12)8-14-9-13(16)15-7-10-3-4-10/h10-12,14H,2-9H2,1H3,(H,15,16). The summed E-state index contributed by atoms with van der Waals surface area (Å²) < 4.78 is 5.62. The van der Waals surface area contributed by atoms with Crippen LogP contribution in [0.3, 0.4) is 0 Å². The van der Waals surface area contributed by atoms with Gasteiger partial charge in [0.15, 0.2) is 0 Å². The highest BCUT2D eigenvalue weighted by atomic mass is 16.5. The monoisotopic (exact) mass is 240 g/mol. The van der Waals surface area contributed by atoms with E-state index in [-0.39, 0.29) is 5.91 Å². The summed E-state index contributed by atoms with van der Waals surface area (Å²) in [6.07, 6.45) is 5.14. The number of carbonyl (C=O) groups excluding carboxylic acids is 1. The van der Waals surface area contributed by atoms with Gasteiger partial charge >= 0.3 is 0 Å². The Morgan fingerprint density at radius 3 is 2.82 bits per heavy atom. The Labute approximate surface area is 103 Å². The Balaban J connectivity index is 1.53. The van der Waals surface area contributed by atoms with Crippen molar-refractivity contribution in [1.82, 2.24) is 10.6 Å². The van der Waals surface area contributed by atoms with Crippen LogP contribution in [0, 0.1) is 11.8 Å². The van der Waals surface area contributed by atoms with Gasteiger partial charge in [-0.05, 0) is 37.5 Å². The second-order valence-corrected chi connectivity index (χ2v) is 5.24. The molecule has 0 bridgehead atoms. The van der Waals surface area contributed by atoms with Crippen LogP contribution in [-0.2, 0) is 9.53 Å². The molecule has 1 heterocycles. The Morgan fingerprint density at radius 2 is 2.12 bits per heavy atom. The van der Waals surface area contributed by atoms with Crippen molar-refractivity contribution in [1.29, 1.82) is 0 Å². The van der Waals surface area contributed by atoms with Gasteiger partial charge in [-0.1, -0.05) is 6.92 Å². The molecule has 2 N–H and O–H groups in total. The Kier molecular flexibility index (Phi) is 4.80. The van der Waals surface area contributed by atoms with Crippen molar-refractivity contribution >= 4 is 5.91 Å². The van der Waals surface area contributed by atoms with E-state index in [2.05, 4.69) is 17.6 Å². The van der Waals surface area contributed by atoms with Crippen LogP contribution in [-0.4, -0.2) is 38.3 Å². The van der Waals surface area contributed by atoms with Gasteiger partial charge in [0.1, 0.15) is 0 Å². The Bertz CT molecular complexity index is 254. The molecule has 2 fully saturated rings. The maximum atomic E-state index is 11.5. The van der Waals surface area contributed by atoms with E-state index in [1.165, 1.54) is 12.8 Å². The van der Waals surface area contributed by atoms with Crippen LogP contribution in [0.1, 0.15) is 32.6 Å². The third-order valence-electron chi connectivity index (χ3n) is 3.73. The number of hydrogen-bond donors (Lipinski definition) is 2. The van der Waals surface area contributed by atoms with Gasteiger partial charge in [0, 0.05) is 19.7 Å². The van der Waals surface area contributed by atoms with Gasteiger partial charge in [0.2, 0.25) is 5.91 Å². The molecular formula is C13H24N2O2. The van der Waals surface area contributed by atoms with E-state index in [4.69, 9.17) is 4.74 Å². The molecule has 98 valence electrons. The summed E-state index contributed by atoms with van der Waals surface area (Å²) >= 11 is 0. The third-order valence-corrected chi connectivity index (χ3v) is 3.73. The number of hydrogen-bond acceptors (Lipinski definition) is 3. The maximum absolute atomic E-state index is 11.5. The number of rotatable bonds is 7. The molecule has 0 aromatic carbocycles. The lowest BCUT2D eigenvalue weighted by atomic mass is 10.00. The summed E-state index contributed by atoms with van der Waals surface area (Å²) in [7, 11) is 0. The van der Waals surface area contributed by atoms with Gasteiger partial charge < -0.3 is 15.4 Å². The molecule has 2 aliphatic rings. The first-order chi connectivity index (χ1) is 8.29. The molecule has 17 heavy (non-hydrogen) atoms. The summed E-state index contributed by atoms with van der Waals surface area (Å²) in [4.78, 5) is 11.5. The maximum Gasteiger partial charge on any atom is 0.233 e. The first kappa shape index (κ1) is 12.8. The number of nitrogens with one attached hydrogen (secondary N) is 2. The molecule has 0 aromatic heterocycles. The zero-order valence-electron chi connectivity index (χ0n) is 10.7. The summed E-state index contributed by atoms with van der Waals surface area (Å²) in [5.74, 6) is 1.46. The van der Waals surface area contributed by atoms with Gasteiger partial charge in [0.25, 0.3) is 0 Å². The highest BCUT2D eigenvalue weighted by Gasteiger charge is 2.26. The fourth-order valence-electron chi connectivity index (χ4n) is 2.39. The first-order valence-corrected chi connectivity index (χ1v) is 6.88. The lowest BCUT2D eigenvalue weighted by Crippen LogP contribution is -2.38. The summed E-state index contributed by atoms with van der Waals surface area (Å²) in [5.41, 5.74) is 0. The van der Waals surface area contributed by atoms with Crippen LogP contribution in [0.4, 0.5) is 0 Å². The molecule has 0 radical (unpaired) electrons. The SMILES string of the molecule is CCC1OCCC1CNCC(=O)NCC1CC1. The lowest BCUT2D eigenvalue weighted by molar-refractivity contribution is -0.120. The Morgan fingerprint density at radius 1 is 1.29 bits per heavy atom. The van der Waals surface area contributed by atoms with Crippen molar-refractivity contribution in [3.63, 3.8) is 0 Å². The molecule has 1 aliphatic heterocycles. The molecular weight excluding hydrogens is 216 g/mol. The van der Waals surface area contributed by atoms with Crippen molar-refractivity contribution in [3.8, 4) is 0 Å². The minimum absolute atomic E-state index is 0.129. The molecule has 0 spiro atoms. The zero-order chi connectivity index (χ0) is 12.1. The smallest absolute Gasteiger partial charge is 0.233 e. The van der Waals surface area contributed by atoms with Crippen molar-refractivity contribution in [3.05, 3.63) is 0 Å². The van der Waals surface area contributed by atoms with E-state index in [1.807, 2.05) is 0 Å². The first-order valence-electron chi connectivity index (χ1n) is 6.88. The van der Waals surface area contributed by atoms with Gasteiger partial charge in [-0.15, -0.1) is 0 Å². The predicted molar refractivity (Wildman–Crippen MR) is 66.7 cm³/mol. The molecule has 2 atom stereocenters. The van der Waals surface area contributed by atoms with Crippen LogP contribution >= 0.6 is 0 Å². The fourth-order valence-corrected chi connectivity index (χ4v) is 2.39.